The average Bonchev–Trinajstić information content (AvgIpc) is 2.57. The topological polar surface area (TPSA) is 40.5 Å². The lowest BCUT2D eigenvalue weighted by molar-refractivity contribution is -0.145. The van der Waals surface area contributed by atoms with Gasteiger partial charge in [0.1, 0.15) is 17.7 Å². The second-order valence-electron chi connectivity index (χ2n) is 6.21. The van der Waals surface area contributed by atoms with Gasteiger partial charge in [-0.3, -0.25) is 9.69 Å². The van der Waals surface area contributed by atoms with Crippen molar-refractivity contribution in [3.63, 3.8) is 0 Å². The van der Waals surface area contributed by atoms with E-state index in [-0.39, 0.29) is 5.56 Å². The Kier molecular flexibility index (Phi) is 5.49. The lowest BCUT2D eigenvalue weighted by Crippen LogP contribution is -2.47. The number of likely N-dealkylation sites (tertiary alicyclic amines) is 1. The number of carboxylic acid groups (broad SMARTS) is 1. The van der Waals surface area contributed by atoms with Crippen LogP contribution in [0.4, 0.5) is 8.78 Å². The summed E-state index contributed by atoms with van der Waals surface area (Å²) in [4.78, 5) is 13.5. The van der Waals surface area contributed by atoms with Gasteiger partial charge in [0.25, 0.3) is 0 Å². The number of carbonyl (C=O) groups is 1. The summed E-state index contributed by atoms with van der Waals surface area (Å²) in [6, 6.07) is 9.56. The minimum absolute atomic E-state index is 0.285. The Morgan fingerprint density at radius 1 is 1.20 bits per heavy atom. The molecular formula is C19H18BrF2NO2. The minimum Gasteiger partial charge on any atom is -0.480 e. The van der Waals surface area contributed by atoms with Crippen LogP contribution in [-0.2, 0) is 4.79 Å². The molecule has 1 aliphatic rings. The molecule has 132 valence electrons. The number of piperidine rings is 1. The predicted molar refractivity (Wildman–Crippen MR) is 94.3 cm³/mol. The maximum absolute atomic E-state index is 14.5. The highest BCUT2D eigenvalue weighted by Gasteiger charge is 2.36. The van der Waals surface area contributed by atoms with E-state index in [1.807, 2.05) is 29.2 Å². The molecule has 3 rings (SSSR count). The van der Waals surface area contributed by atoms with Gasteiger partial charge in [-0.1, -0.05) is 40.5 Å². The van der Waals surface area contributed by atoms with Crippen LogP contribution in [-0.4, -0.2) is 28.6 Å². The van der Waals surface area contributed by atoms with Crippen LogP contribution in [0.5, 0.6) is 0 Å². The van der Waals surface area contributed by atoms with Gasteiger partial charge in [0.2, 0.25) is 0 Å². The van der Waals surface area contributed by atoms with E-state index in [0.717, 1.165) is 28.9 Å². The number of nitrogens with zero attached hydrogens (tertiary/aromatic N) is 1. The molecule has 1 heterocycles. The zero-order chi connectivity index (χ0) is 18.0. The SMILES string of the molecule is O=C(O)C1CCCCN1C(c1cccc(Br)c1)c1ccc(F)cc1F. The summed E-state index contributed by atoms with van der Waals surface area (Å²) in [7, 11) is 0. The maximum Gasteiger partial charge on any atom is 0.320 e. The summed E-state index contributed by atoms with van der Waals surface area (Å²) in [5.74, 6) is -2.23. The van der Waals surface area contributed by atoms with Gasteiger partial charge in [-0.05, 0) is 43.1 Å². The largest absolute Gasteiger partial charge is 0.480 e. The van der Waals surface area contributed by atoms with Crippen molar-refractivity contribution in [1.82, 2.24) is 4.90 Å². The highest BCUT2D eigenvalue weighted by Crippen LogP contribution is 2.36. The Labute approximate surface area is 153 Å². The van der Waals surface area contributed by atoms with Crippen molar-refractivity contribution >= 4 is 21.9 Å². The van der Waals surface area contributed by atoms with Crippen molar-refractivity contribution in [2.45, 2.75) is 31.3 Å². The molecule has 6 heteroatoms. The number of carboxylic acids is 1. The first-order valence-corrected chi connectivity index (χ1v) is 8.95. The predicted octanol–water partition coefficient (Wildman–Crippen LogP) is 4.76. The van der Waals surface area contributed by atoms with Crippen molar-refractivity contribution in [2.75, 3.05) is 6.54 Å². The summed E-state index contributed by atoms with van der Waals surface area (Å²) >= 11 is 3.41. The number of aliphatic carboxylic acids is 1. The maximum atomic E-state index is 14.5. The van der Waals surface area contributed by atoms with E-state index in [0.29, 0.717) is 13.0 Å². The number of halogens is 3. The highest BCUT2D eigenvalue weighted by molar-refractivity contribution is 9.10. The summed E-state index contributed by atoms with van der Waals surface area (Å²) in [6.45, 7) is 0.547. The van der Waals surface area contributed by atoms with Crippen molar-refractivity contribution in [1.29, 1.82) is 0 Å². The van der Waals surface area contributed by atoms with Crippen LogP contribution in [0.3, 0.4) is 0 Å². The molecule has 0 spiro atoms. The van der Waals surface area contributed by atoms with E-state index in [4.69, 9.17) is 0 Å². The molecule has 2 unspecified atom stereocenters. The summed E-state index contributed by atoms with van der Waals surface area (Å²) in [5, 5.41) is 9.61. The molecule has 1 N–H and O–H groups in total. The molecule has 2 atom stereocenters. The molecule has 1 saturated heterocycles. The average molecular weight is 410 g/mol. The molecule has 0 radical (unpaired) electrons. The summed E-state index contributed by atoms with van der Waals surface area (Å²) < 4.78 is 28.7. The second-order valence-corrected chi connectivity index (χ2v) is 7.13. The van der Waals surface area contributed by atoms with Crippen LogP contribution in [0.1, 0.15) is 36.4 Å². The Morgan fingerprint density at radius 3 is 2.68 bits per heavy atom. The number of benzene rings is 2. The molecule has 1 fully saturated rings. The van der Waals surface area contributed by atoms with Crippen LogP contribution in [0, 0.1) is 11.6 Å². The smallest absolute Gasteiger partial charge is 0.320 e. The van der Waals surface area contributed by atoms with E-state index in [1.165, 1.54) is 12.1 Å². The van der Waals surface area contributed by atoms with E-state index in [1.54, 1.807) is 0 Å². The third-order valence-corrected chi connectivity index (χ3v) is 5.08. The standard InChI is InChI=1S/C19H18BrF2NO2/c20-13-5-3-4-12(10-13)18(15-8-7-14(21)11-16(15)22)23-9-2-1-6-17(23)19(24)25/h3-5,7-8,10-11,17-18H,1-2,6,9H2,(H,24,25). The van der Waals surface area contributed by atoms with Crippen molar-refractivity contribution in [3.8, 4) is 0 Å². The molecule has 0 bridgehead atoms. The fourth-order valence-electron chi connectivity index (χ4n) is 3.48. The van der Waals surface area contributed by atoms with Gasteiger partial charge in [0, 0.05) is 16.1 Å². The number of hydrogen-bond donors (Lipinski definition) is 1. The quantitative estimate of drug-likeness (QED) is 0.791. The fraction of sp³-hybridized carbons (Fsp3) is 0.316. The zero-order valence-corrected chi connectivity index (χ0v) is 15.0. The molecule has 0 aromatic heterocycles. The van der Waals surface area contributed by atoms with Gasteiger partial charge in [-0.15, -0.1) is 0 Å². The van der Waals surface area contributed by atoms with Crippen LogP contribution in [0.2, 0.25) is 0 Å². The molecule has 3 nitrogen and oxygen atoms in total. The fourth-order valence-corrected chi connectivity index (χ4v) is 3.89. The second kappa shape index (κ2) is 7.62. The van der Waals surface area contributed by atoms with Gasteiger partial charge in [-0.2, -0.15) is 0 Å². The first-order valence-electron chi connectivity index (χ1n) is 8.16. The summed E-state index contributed by atoms with van der Waals surface area (Å²) in [6.07, 6.45) is 2.18. The lowest BCUT2D eigenvalue weighted by Gasteiger charge is -2.39. The molecule has 0 amide bonds. The normalized spacial score (nSPS) is 19.6. The third kappa shape index (κ3) is 3.90. The Balaban J connectivity index is 2.12. The minimum atomic E-state index is -0.915. The van der Waals surface area contributed by atoms with E-state index in [2.05, 4.69) is 15.9 Å². The first-order chi connectivity index (χ1) is 12.0. The molecule has 1 aliphatic heterocycles. The third-order valence-electron chi connectivity index (χ3n) is 4.58. The highest BCUT2D eigenvalue weighted by atomic mass is 79.9. The Hall–Kier alpha value is -1.79. The Morgan fingerprint density at radius 2 is 2.00 bits per heavy atom. The molecule has 2 aromatic rings. The van der Waals surface area contributed by atoms with Crippen LogP contribution < -0.4 is 0 Å². The number of rotatable bonds is 4. The number of hydrogen-bond acceptors (Lipinski definition) is 2. The molecule has 0 saturated carbocycles. The van der Waals surface area contributed by atoms with E-state index in [9.17, 15) is 18.7 Å². The van der Waals surface area contributed by atoms with Crippen LogP contribution in [0.15, 0.2) is 46.9 Å². The molecule has 25 heavy (non-hydrogen) atoms. The zero-order valence-electron chi connectivity index (χ0n) is 13.5. The molecule has 0 aliphatic carbocycles. The van der Waals surface area contributed by atoms with Crippen molar-refractivity contribution in [2.24, 2.45) is 0 Å². The van der Waals surface area contributed by atoms with Crippen molar-refractivity contribution in [3.05, 3.63) is 69.7 Å². The molecular weight excluding hydrogens is 392 g/mol. The van der Waals surface area contributed by atoms with Gasteiger partial charge in [0.05, 0.1) is 6.04 Å². The van der Waals surface area contributed by atoms with Gasteiger partial charge in [0.15, 0.2) is 0 Å². The van der Waals surface area contributed by atoms with Crippen LogP contribution >= 0.6 is 15.9 Å². The van der Waals surface area contributed by atoms with Gasteiger partial charge < -0.3 is 5.11 Å². The van der Waals surface area contributed by atoms with Crippen molar-refractivity contribution < 1.29 is 18.7 Å². The summed E-state index contributed by atoms with van der Waals surface area (Å²) in [5.41, 5.74) is 1.06. The monoisotopic (exact) mass is 409 g/mol. The van der Waals surface area contributed by atoms with E-state index < -0.39 is 29.7 Å². The lowest BCUT2D eigenvalue weighted by atomic mass is 9.91. The first kappa shape index (κ1) is 18.0. The molecule has 2 aromatic carbocycles. The van der Waals surface area contributed by atoms with Gasteiger partial charge in [-0.25, -0.2) is 8.78 Å². The Bertz CT molecular complexity index is 784. The van der Waals surface area contributed by atoms with Gasteiger partial charge >= 0.3 is 5.97 Å². The van der Waals surface area contributed by atoms with E-state index >= 15 is 0 Å². The van der Waals surface area contributed by atoms with Crippen LogP contribution in [0.25, 0.3) is 0 Å².